The Morgan fingerprint density at radius 1 is 1.30 bits per heavy atom. The summed E-state index contributed by atoms with van der Waals surface area (Å²) >= 11 is 6.06. The lowest BCUT2D eigenvalue weighted by Gasteiger charge is -2.13. The van der Waals surface area contributed by atoms with E-state index in [4.69, 9.17) is 32.7 Å². The number of nitriles is 2. The summed E-state index contributed by atoms with van der Waals surface area (Å²) in [5.74, 6) is 5.62. The molecule has 2 aromatic rings. The number of aromatic nitrogens is 2. The lowest BCUT2D eigenvalue weighted by Crippen LogP contribution is -2.42. The molecule has 0 fully saturated rings. The fourth-order valence-corrected chi connectivity index (χ4v) is 2.17. The van der Waals surface area contributed by atoms with E-state index < -0.39 is 11.2 Å². The van der Waals surface area contributed by atoms with Gasteiger partial charge < -0.3 is 10.6 Å². The van der Waals surface area contributed by atoms with Gasteiger partial charge in [0, 0.05) is 17.8 Å². The molecule has 8 nitrogen and oxygen atoms in total. The quantitative estimate of drug-likeness (QED) is 0.813. The minimum Gasteiger partial charge on any atom is -0.477 e. The van der Waals surface area contributed by atoms with Gasteiger partial charge in [-0.15, -0.1) is 0 Å². The molecule has 0 bridgehead atoms. The molecule has 23 heavy (non-hydrogen) atoms. The highest BCUT2D eigenvalue weighted by Gasteiger charge is 2.16. The van der Waals surface area contributed by atoms with Gasteiger partial charge in [0.15, 0.2) is 6.61 Å². The molecule has 0 atom stereocenters. The average Bonchev–Trinajstić information content (AvgIpc) is 2.52. The number of nitrogens with zero attached hydrogens (tertiary/aromatic N) is 4. The number of halogens is 1. The van der Waals surface area contributed by atoms with Crippen molar-refractivity contribution in [2.75, 3.05) is 12.4 Å². The molecule has 9 heteroatoms. The van der Waals surface area contributed by atoms with Gasteiger partial charge in [-0.25, -0.2) is 14.0 Å². The predicted molar refractivity (Wildman–Crippen MR) is 82.0 cm³/mol. The van der Waals surface area contributed by atoms with Crippen LogP contribution in [0.4, 0.5) is 0 Å². The summed E-state index contributed by atoms with van der Waals surface area (Å²) in [6, 6.07) is 7.29. The van der Waals surface area contributed by atoms with Crippen molar-refractivity contribution in [1.82, 2.24) is 9.24 Å². The third-order valence-corrected chi connectivity index (χ3v) is 3.34. The van der Waals surface area contributed by atoms with Gasteiger partial charge in [-0.05, 0) is 13.0 Å². The van der Waals surface area contributed by atoms with Crippen molar-refractivity contribution < 1.29 is 4.74 Å². The normalized spacial score (nSPS) is 9.91. The van der Waals surface area contributed by atoms with Crippen LogP contribution in [0.25, 0.3) is 5.69 Å². The highest BCUT2D eigenvalue weighted by molar-refractivity contribution is 6.32. The molecule has 0 amide bonds. The summed E-state index contributed by atoms with van der Waals surface area (Å²) in [5.41, 5.74) is -1.07. The zero-order chi connectivity index (χ0) is 17.1. The van der Waals surface area contributed by atoms with E-state index in [2.05, 4.69) is 0 Å². The van der Waals surface area contributed by atoms with E-state index >= 15 is 0 Å². The van der Waals surface area contributed by atoms with Crippen LogP contribution in [0.15, 0.2) is 27.8 Å². The Kier molecular flexibility index (Phi) is 4.39. The van der Waals surface area contributed by atoms with Crippen LogP contribution in [0.5, 0.6) is 5.75 Å². The molecule has 0 aliphatic heterocycles. The molecule has 0 spiro atoms. The lowest BCUT2D eigenvalue weighted by atomic mass is 10.2. The SMILES string of the molecule is Cc1cc(=O)n(-c2cc(OCC#N)c(C#N)cc2Cl)c(=O)n1N. The number of rotatable bonds is 3. The van der Waals surface area contributed by atoms with Gasteiger partial charge in [-0.3, -0.25) is 4.79 Å². The maximum absolute atomic E-state index is 12.2. The van der Waals surface area contributed by atoms with Crippen LogP contribution in [-0.2, 0) is 0 Å². The van der Waals surface area contributed by atoms with Crippen LogP contribution in [0.2, 0.25) is 5.02 Å². The van der Waals surface area contributed by atoms with E-state index in [1.165, 1.54) is 25.1 Å². The van der Waals surface area contributed by atoms with E-state index in [-0.39, 0.29) is 34.3 Å². The Balaban J connectivity index is 2.78. The maximum atomic E-state index is 12.2. The van der Waals surface area contributed by atoms with Crippen LogP contribution in [0.1, 0.15) is 11.3 Å². The Bertz CT molecular complexity index is 978. The topological polar surface area (TPSA) is 127 Å². The lowest BCUT2D eigenvalue weighted by molar-refractivity contribution is 0.367. The molecule has 0 saturated carbocycles. The van der Waals surface area contributed by atoms with Crippen LogP contribution in [0.3, 0.4) is 0 Å². The monoisotopic (exact) mass is 331 g/mol. The van der Waals surface area contributed by atoms with Crippen LogP contribution < -0.4 is 21.8 Å². The molecule has 0 saturated heterocycles. The van der Waals surface area contributed by atoms with E-state index in [1.807, 2.05) is 6.07 Å². The summed E-state index contributed by atoms with van der Waals surface area (Å²) in [5, 5.41) is 17.6. The van der Waals surface area contributed by atoms with E-state index in [0.29, 0.717) is 0 Å². The summed E-state index contributed by atoms with van der Waals surface area (Å²) in [6.45, 7) is 1.20. The number of nitrogen functional groups attached to an aromatic ring is 1. The number of hydrogen-bond donors (Lipinski definition) is 1. The van der Waals surface area contributed by atoms with Crippen molar-refractivity contribution in [1.29, 1.82) is 10.5 Å². The molecule has 2 N–H and O–H groups in total. The molecule has 0 radical (unpaired) electrons. The second-order valence-corrected chi connectivity index (χ2v) is 4.88. The number of ether oxygens (including phenoxy) is 1. The van der Waals surface area contributed by atoms with Crippen molar-refractivity contribution in [3.05, 3.63) is 55.3 Å². The molecule has 116 valence electrons. The van der Waals surface area contributed by atoms with E-state index in [1.54, 1.807) is 6.07 Å². The fraction of sp³-hybridized carbons (Fsp3) is 0.143. The second-order valence-electron chi connectivity index (χ2n) is 4.47. The first-order valence-electron chi connectivity index (χ1n) is 6.25. The highest BCUT2D eigenvalue weighted by Crippen LogP contribution is 2.28. The fourth-order valence-electron chi connectivity index (χ4n) is 1.92. The number of nitrogens with two attached hydrogens (primary N) is 1. The van der Waals surface area contributed by atoms with Crippen molar-refractivity contribution in [3.8, 4) is 23.6 Å². The van der Waals surface area contributed by atoms with Gasteiger partial charge >= 0.3 is 5.69 Å². The number of aryl methyl sites for hydroxylation is 1. The highest BCUT2D eigenvalue weighted by atomic mass is 35.5. The van der Waals surface area contributed by atoms with Gasteiger partial charge in [-0.1, -0.05) is 11.6 Å². The predicted octanol–water partition coefficient (Wildman–Crippen LogP) is 0.449. The minimum atomic E-state index is -0.798. The van der Waals surface area contributed by atoms with Crippen molar-refractivity contribution in [3.63, 3.8) is 0 Å². The van der Waals surface area contributed by atoms with Crippen molar-refractivity contribution in [2.45, 2.75) is 6.92 Å². The van der Waals surface area contributed by atoms with E-state index in [0.717, 1.165) is 9.24 Å². The van der Waals surface area contributed by atoms with Crippen LogP contribution in [0, 0.1) is 29.6 Å². The van der Waals surface area contributed by atoms with Crippen LogP contribution >= 0.6 is 11.6 Å². The van der Waals surface area contributed by atoms with Gasteiger partial charge in [0.05, 0.1) is 16.3 Å². The molecule has 2 rings (SSSR count). The van der Waals surface area contributed by atoms with Gasteiger partial charge in [0.25, 0.3) is 5.56 Å². The summed E-state index contributed by atoms with van der Waals surface area (Å²) in [6.07, 6.45) is 0. The average molecular weight is 332 g/mol. The number of benzene rings is 1. The smallest absolute Gasteiger partial charge is 0.354 e. The second kappa shape index (κ2) is 6.26. The summed E-state index contributed by atoms with van der Waals surface area (Å²) < 4.78 is 6.69. The molecular formula is C14H10ClN5O3. The first-order valence-corrected chi connectivity index (χ1v) is 6.63. The van der Waals surface area contributed by atoms with Gasteiger partial charge in [-0.2, -0.15) is 10.5 Å². The zero-order valence-electron chi connectivity index (χ0n) is 11.9. The van der Waals surface area contributed by atoms with Crippen LogP contribution in [-0.4, -0.2) is 15.9 Å². The first-order chi connectivity index (χ1) is 10.9. The van der Waals surface area contributed by atoms with Crippen molar-refractivity contribution >= 4 is 11.6 Å². The first kappa shape index (κ1) is 16.1. The summed E-state index contributed by atoms with van der Waals surface area (Å²) in [7, 11) is 0. The molecule has 1 heterocycles. The molecule has 1 aromatic carbocycles. The molecule has 0 unspecified atom stereocenters. The van der Waals surface area contributed by atoms with Gasteiger partial charge in [0.2, 0.25) is 0 Å². The van der Waals surface area contributed by atoms with E-state index in [9.17, 15) is 9.59 Å². The Morgan fingerprint density at radius 3 is 2.61 bits per heavy atom. The third kappa shape index (κ3) is 2.89. The van der Waals surface area contributed by atoms with Crippen molar-refractivity contribution in [2.24, 2.45) is 0 Å². The molecule has 1 aromatic heterocycles. The third-order valence-electron chi connectivity index (χ3n) is 3.03. The number of hydrogen-bond acceptors (Lipinski definition) is 6. The zero-order valence-corrected chi connectivity index (χ0v) is 12.7. The standard InChI is InChI=1S/C14H10ClN5O3/c1-8-4-13(21)19(14(22)20(8)18)11-6-12(23-3-2-16)9(7-17)5-10(11)15/h4-6H,3,18H2,1H3. The largest absolute Gasteiger partial charge is 0.477 e. The Morgan fingerprint density at radius 2 is 2.00 bits per heavy atom. The minimum absolute atomic E-state index is 0.00564. The Labute approximate surface area is 135 Å². The maximum Gasteiger partial charge on any atom is 0.354 e. The molecular weight excluding hydrogens is 322 g/mol. The molecule has 0 aliphatic rings. The summed E-state index contributed by atoms with van der Waals surface area (Å²) in [4.78, 5) is 24.3. The van der Waals surface area contributed by atoms with Gasteiger partial charge in [0.1, 0.15) is 17.9 Å². The molecule has 0 aliphatic carbocycles. The Hall–Kier alpha value is -3.23.